The van der Waals surface area contributed by atoms with E-state index in [1.165, 1.54) is 25.9 Å². The molecular formula is C10H21NO. The second-order valence-electron chi connectivity index (χ2n) is 3.80. The van der Waals surface area contributed by atoms with E-state index in [4.69, 9.17) is 4.74 Å². The number of piperidine rings is 1. The van der Waals surface area contributed by atoms with E-state index >= 15 is 0 Å². The van der Waals surface area contributed by atoms with Crippen LogP contribution in [0, 0.1) is 5.41 Å². The third kappa shape index (κ3) is 1.99. The van der Waals surface area contributed by atoms with E-state index in [2.05, 4.69) is 11.9 Å². The van der Waals surface area contributed by atoms with Gasteiger partial charge in [0.25, 0.3) is 0 Å². The number of likely N-dealkylation sites (tertiary alicyclic amines) is 1. The van der Waals surface area contributed by atoms with Gasteiger partial charge in [0.1, 0.15) is 0 Å². The Morgan fingerprint density at radius 1 is 1.08 bits per heavy atom. The van der Waals surface area contributed by atoms with Crippen LogP contribution in [0.2, 0.25) is 0 Å². The van der Waals surface area contributed by atoms with E-state index in [0.717, 1.165) is 13.2 Å². The van der Waals surface area contributed by atoms with Crippen LogP contribution >= 0.6 is 0 Å². The van der Waals surface area contributed by atoms with Gasteiger partial charge in [-0.05, 0) is 33.0 Å². The van der Waals surface area contributed by atoms with Gasteiger partial charge >= 0.3 is 0 Å². The molecule has 2 nitrogen and oxygen atoms in total. The maximum absolute atomic E-state index is 5.23. The maximum atomic E-state index is 5.23. The Labute approximate surface area is 75.9 Å². The van der Waals surface area contributed by atoms with Gasteiger partial charge in [0.15, 0.2) is 0 Å². The molecular weight excluding hydrogens is 150 g/mol. The summed E-state index contributed by atoms with van der Waals surface area (Å²) in [6, 6.07) is 0. The van der Waals surface area contributed by atoms with Crippen molar-refractivity contribution in [3.05, 3.63) is 0 Å². The Morgan fingerprint density at radius 2 is 1.58 bits per heavy atom. The Kier molecular flexibility index (Phi) is 3.53. The molecule has 2 aliphatic heterocycles. The highest BCUT2D eigenvalue weighted by Crippen LogP contribution is 2.37. The average molecular weight is 171 g/mol. The van der Waals surface area contributed by atoms with Gasteiger partial charge in [-0.1, -0.05) is 13.8 Å². The van der Waals surface area contributed by atoms with Crippen LogP contribution in [0.25, 0.3) is 0 Å². The molecule has 0 aliphatic carbocycles. The molecule has 0 N–H and O–H groups in total. The molecule has 2 saturated heterocycles. The van der Waals surface area contributed by atoms with Gasteiger partial charge in [-0.2, -0.15) is 0 Å². The van der Waals surface area contributed by atoms with Gasteiger partial charge in [0, 0.05) is 5.41 Å². The van der Waals surface area contributed by atoms with Crippen molar-refractivity contribution in [1.29, 1.82) is 0 Å². The zero-order chi connectivity index (χ0) is 9.03. The summed E-state index contributed by atoms with van der Waals surface area (Å²) in [7, 11) is 2.20. The fourth-order valence-corrected chi connectivity index (χ4v) is 1.77. The van der Waals surface area contributed by atoms with Gasteiger partial charge in [-0.15, -0.1) is 0 Å². The van der Waals surface area contributed by atoms with Crippen LogP contribution in [-0.4, -0.2) is 38.3 Å². The Morgan fingerprint density at radius 3 is 1.92 bits per heavy atom. The standard InChI is InChI=1S/C8H15NO.C2H6/c1-9-4-2-8(3-5-9)6-10-7-8;1-2/h2-7H2,1H3;1-2H3. The summed E-state index contributed by atoms with van der Waals surface area (Å²) in [4.78, 5) is 2.41. The molecule has 0 amide bonds. The van der Waals surface area contributed by atoms with Gasteiger partial charge in [-0.3, -0.25) is 0 Å². The fourth-order valence-electron chi connectivity index (χ4n) is 1.77. The van der Waals surface area contributed by atoms with Crippen LogP contribution in [0.1, 0.15) is 26.7 Å². The van der Waals surface area contributed by atoms with Gasteiger partial charge in [0.05, 0.1) is 13.2 Å². The molecule has 0 aromatic carbocycles. The van der Waals surface area contributed by atoms with Crippen LogP contribution in [0.15, 0.2) is 0 Å². The van der Waals surface area contributed by atoms with Crippen molar-refractivity contribution < 1.29 is 4.74 Å². The highest BCUT2D eigenvalue weighted by Gasteiger charge is 2.40. The summed E-state index contributed by atoms with van der Waals surface area (Å²) in [6.07, 6.45) is 2.70. The van der Waals surface area contributed by atoms with E-state index in [9.17, 15) is 0 Å². The smallest absolute Gasteiger partial charge is 0.0545 e. The molecule has 2 aliphatic rings. The Bertz CT molecular complexity index is 122. The second-order valence-corrected chi connectivity index (χ2v) is 3.80. The molecule has 0 unspecified atom stereocenters. The number of rotatable bonds is 0. The number of ether oxygens (including phenoxy) is 1. The van der Waals surface area contributed by atoms with Gasteiger partial charge < -0.3 is 9.64 Å². The molecule has 0 saturated carbocycles. The first-order valence-electron chi connectivity index (χ1n) is 5.07. The summed E-state index contributed by atoms with van der Waals surface area (Å²) in [5.74, 6) is 0. The topological polar surface area (TPSA) is 12.5 Å². The van der Waals surface area contributed by atoms with Crippen LogP contribution in [0.4, 0.5) is 0 Å². The van der Waals surface area contributed by atoms with Crippen molar-refractivity contribution in [2.24, 2.45) is 5.41 Å². The number of hydrogen-bond donors (Lipinski definition) is 0. The zero-order valence-corrected chi connectivity index (χ0v) is 8.60. The monoisotopic (exact) mass is 171 g/mol. The summed E-state index contributed by atoms with van der Waals surface area (Å²) in [5.41, 5.74) is 0.618. The first-order chi connectivity index (χ1) is 5.81. The molecule has 0 aromatic rings. The van der Waals surface area contributed by atoms with E-state index in [0.29, 0.717) is 5.41 Å². The predicted octanol–water partition coefficient (Wildman–Crippen LogP) is 1.75. The van der Waals surface area contributed by atoms with Crippen LogP contribution in [0.5, 0.6) is 0 Å². The second kappa shape index (κ2) is 4.24. The van der Waals surface area contributed by atoms with Crippen LogP contribution in [-0.2, 0) is 4.74 Å². The number of nitrogens with zero attached hydrogens (tertiary/aromatic N) is 1. The Balaban J connectivity index is 0.000000336. The lowest BCUT2D eigenvalue weighted by atomic mass is 9.77. The van der Waals surface area contributed by atoms with Crippen molar-refractivity contribution in [1.82, 2.24) is 4.90 Å². The SMILES string of the molecule is CC.CN1CCC2(CC1)COC2. The van der Waals surface area contributed by atoms with Crippen molar-refractivity contribution >= 4 is 0 Å². The molecule has 2 heteroatoms. The normalized spacial score (nSPS) is 27.2. The largest absolute Gasteiger partial charge is 0.380 e. The quantitative estimate of drug-likeness (QED) is 0.550. The minimum absolute atomic E-state index is 0.618. The molecule has 0 aromatic heterocycles. The molecule has 72 valence electrons. The van der Waals surface area contributed by atoms with E-state index < -0.39 is 0 Å². The van der Waals surface area contributed by atoms with Crippen molar-refractivity contribution in [3.8, 4) is 0 Å². The molecule has 0 atom stereocenters. The summed E-state index contributed by atoms with van der Waals surface area (Å²) >= 11 is 0. The van der Waals surface area contributed by atoms with Crippen LogP contribution < -0.4 is 0 Å². The molecule has 0 radical (unpaired) electrons. The molecule has 1 spiro atoms. The predicted molar refractivity (Wildman–Crippen MR) is 51.3 cm³/mol. The van der Waals surface area contributed by atoms with Gasteiger partial charge in [-0.25, -0.2) is 0 Å². The first-order valence-corrected chi connectivity index (χ1v) is 5.07. The highest BCUT2D eigenvalue weighted by molar-refractivity contribution is 4.89. The number of hydrogen-bond acceptors (Lipinski definition) is 2. The van der Waals surface area contributed by atoms with Gasteiger partial charge in [0.2, 0.25) is 0 Å². The molecule has 2 fully saturated rings. The summed E-state index contributed by atoms with van der Waals surface area (Å²) in [6.45, 7) is 8.59. The van der Waals surface area contributed by atoms with E-state index in [1.807, 2.05) is 13.8 Å². The zero-order valence-electron chi connectivity index (χ0n) is 8.60. The lowest BCUT2D eigenvalue weighted by Gasteiger charge is -2.46. The van der Waals surface area contributed by atoms with Crippen LogP contribution in [0.3, 0.4) is 0 Å². The third-order valence-corrected chi connectivity index (χ3v) is 2.86. The van der Waals surface area contributed by atoms with Crippen molar-refractivity contribution in [3.63, 3.8) is 0 Å². The van der Waals surface area contributed by atoms with Crippen molar-refractivity contribution in [2.75, 3.05) is 33.4 Å². The molecule has 2 heterocycles. The minimum Gasteiger partial charge on any atom is -0.380 e. The first kappa shape index (κ1) is 10.0. The fraction of sp³-hybridized carbons (Fsp3) is 1.00. The lowest BCUT2D eigenvalue weighted by Crippen LogP contribution is -2.49. The molecule has 0 bridgehead atoms. The molecule has 12 heavy (non-hydrogen) atoms. The van der Waals surface area contributed by atoms with Crippen molar-refractivity contribution in [2.45, 2.75) is 26.7 Å². The maximum Gasteiger partial charge on any atom is 0.0545 e. The summed E-state index contributed by atoms with van der Waals surface area (Å²) < 4.78 is 5.23. The average Bonchev–Trinajstić information content (AvgIpc) is 2.07. The van der Waals surface area contributed by atoms with E-state index in [1.54, 1.807) is 0 Å². The van der Waals surface area contributed by atoms with E-state index in [-0.39, 0.29) is 0 Å². The third-order valence-electron chi connectivity index (χ3n) is 2.86. The Hall–Kier alpha value is -0.0800. The lowest BCUT2D eigenvalue weighted by molar-refractivity contribution is -0.137. The summed E-state index contributed by atoms with van der Waals surface area (Å²) in [5, 5.41) is 0. The highest BCUT2D eigenvalue weighted by atomic mass is 16.5. The minimum atomic E-state index is 0.618. The molecule has 2 rings (SSSR count).